The molecule has 0 aliphatic heterocycles. The van der Waals surface area contributed by atoms with Crippen LogP contribution in [-0.4, -0.2) is 17.7 Å². The Morgan fingerprint density at radius 2 is 1.88 bits per heavy atom. The van der Waals surface area contributed by atoms with Crippen LogP contribution in [-0.2, 0) is 17.6 Å². The molecule has 4 heteroatoms. The first kappa shape index (κ1) is 29.5. The molecule has 5 rings (SSSR count). The van der Waals surface area contributed by atoms with E-state index in [0.717, 1.165) is 53.0 Å². The molecule has 0 bridgehead atoms. The van der Waals surface area contributed by atoms with Gasteiger partial charge in [0.15, 0.2) is 0 Å². The molecule has 0 saturated heterocycles. The van der Waals surface area contributed by atoms with Crippen molar-refractivity contribution < 1.29 is 19.0 Å². The summed E-state index contributed by atoms with van der Waals surface area (Å²) in [4.78, 5) is 11.7. The van der Waals surface area contributed by atoms with Gasteiger partial charge < -0.3 is 9.84 Å². The predicted molar refractivity (Wildman–Crippen MR) is 164 cm³/mol. The van der Waals surface area contributed by atoms with Crippen molar-refractivity contribution in [1.29, 1.82) is 0 Å². The zero-order valence-corrected chi connectivity index (χ0v) is 25.5. The molecule has 3 aromatic rings. The third-order valence-electron chi connectivity index (χ3n) is 9.75. The number of halogens is 1. The first-order valence-electron chi connectivity index (χ1n) is 15.3. The topological polar surface area (TPSA) is 46.5 Å². The molecule has 0 spiro atoms. The largest absolute Gasteiger partial charge is 0.478 e. The van der Waals surface area contributed by atoms with Crippen LogP contribution in [0.15, 0.2) is 60.7 Å². The van der Waals surface area contributed by atoms with Gasteiger partial charge in [0.05, 0.1) is 11.7 Å². The highest BCUT2D eigenvalue weighted by atomic mass is 19.1. The van der Waals surface area contributed by atoms with Crippen LogP contribution in [0.25, 0.3) is 11.1 Å². The quantitative estimate of drug-likeness (QED) is 0.228. The molecule has 0 heterocycles. The van der Waals surface area contributed by atoms with Gasteiger partial charge in [-0.15, -0.1) is 0 Å². The lowest BCUT2D eigenvalue weighted by Crippen LogP contribution is -2.26. The van der Waals surface area contributed by atoms with Gasteiger partial charge in [0.25, 0.3) is 0 Å². The Morgan fingerprint density at radius 3 is 2.56 bits per heavy atom. The van der Waals surface area contributed by atoms with E-state index in [9.17, 15) is 14.3 Å². The zero-order valence-electron chi connectivity index (χ0n) is 25.5. The van der Waals surface area contributed by atoms with E-state index in [1.165, 1.54) is 12.8 Å². The zero-order chi connectivity index (χ0) is 29.5. The summed E-state index contributed by atoms with van der Waals surface area (Å²) in [5, 5.41) is 9.62. The summed E-state index contributed by atoms with van der Waals surface area (Å²) < 4.78 is 20.6. The lowest BCUT2D eigenvalue weighted by atomic mass is 9.73. The molecule has 2 saturated carbocycles. The summed E-state index contributed by atoms with van der Waals surface area (Å²) in [5.41, 5.74) is 6.93. The minimum Gasteiger partial charge on any atom is -0.478 e. The van der Waals surface area contributed by atoms with Gasteiger partial charge in [-0.05, 0) is 114 Å². The summed E-state index contributed by atoms with van der Waals surface area (Å²) in [7, 11) is 0. The van der Waals surface area contributed by atoms with Crippen molar-refractivity contribution in [3.05, 3.63) is 94.3 Å². The number of carboxylic acid groups (broad SMARTS) is 1. The van der Waals surface area contributed by atoms with Gasteiger partial charge in [0.1, 0.15) is 5.82 Å². The molecule has 0 amide bonds. The Labute approximate surface area is 245 Å². The standard InChI is InChI=1S/C37H45FO3/c1-7-10-27-18-28(15-16-31(27)35(39)40)30-12-9-8-11-29(30)25(4)41-22-23(2)19-37-21-32(37)34(37)36(5,6)20-26-14-13-24(3)33(38)17-26/h8-9,11-18,23,25,32,34H,7,10,19-22H2,1-6H3,(H,39,40). The highest BCUT2D eigenvalue weighted by molar-refractivity contribution is 5.90. The number of aromatic carboxylic acids is 1. The smallest absolute Gasteiger partial charge is 0.335 e. The molecule has 2 aliphatic carbocycles. The van der Waals surface area contributed by atoms with Crippen LogP contribution in [0.3, 0.4) is 0 Å². The SMILES string of the molecule is CCCc1cc(-c2ccccc2C(C)OCC(C)CC23CC2C3C(C)(C)Cc2ccc(C)c(F)c2)ccc1C(=O)O. The summed E-state index contributed by atoms with van der Waals surface area (Å²) in [6.07, 6.45) is 4.98. The van der Waals surface area contributed by atoms with Crippen LogP contribution in [0.4, 0.5) is 4.39 Å². The number of carboxylic acids is 1. The molecule has 218 valence electrons. The third kappa shape index (κ3) is 6.00. The molecule has 5 atom stereocenters. The highest BCUT2D eigenvalue weighted by Crippen LogP contribution is 2.86. The molecule has 5 unspecified atom stereocenters. The second kappa shape index (κ2) is 11.4. The first-order valence-corrected chi connectivity index (χ1v) is 15.3. The van der Waals surface area contributed by atoms with Crippen LogP contribution in [0.5, 0.6) is 0 Å². The molecule has 3 aromatic carbocycles. The van der Waals surface area contributed by atoms with Gasteiger partial charge in [0.2, 0.25) is 0 Å². The van der Waals surface area contributed by atoms with Crippen molar-refractivity contribution in [2.45, 2.75) is 79.8 Å². The number of hydrogen-bond acceptors (Lipinski definition) is 2. The molecule has 0 radical (unpaired) electrons. The number of fused-ring (bicyclic) bond motifs is 1. The van der Waals surface area contributed by atoms with Gasteiger partial charge in [-0.25, -0.2) is 9.18 Å². The van der Waals surface area contributed by atoms with Crippen molar-refractivity contribution in [3.63, 3.8) is 0 Å². The Kier molecular flexibility index (Phi) is 8.18. The second-order valence-electron chi connectivity index (χ2n) is 13.6. The van der Waals surface area contributed by atoms with E-state index in [-0.39, 0.29) is 17.3 Å². The Bertz CT molecular complexity index is 1430. The van der Waals surface area contributed by atoms with E-state index >= 15 is 0 Å². The van der Waals surface area contributed by atoms with Crippen molar-refractivity contribution >= 4 is 5.97 Å². The van der Waals surface area contributed by atoms with Crippen LogP contribution >= 0.6 is 0 Å². The van der Waals surface area contributed by atoms with Gasteiger partial charge in [0, 0.05) is 6.61 Å². The first-order chi connectivity index (χ1) is 19.5. The maximum atomic E-state index is 14.2. The van der Waals surface area contributed by atoms with Crippen LogP contribution in [0.1, 0.15) is 92.6 Å². The molecule has 41 heavy (non-hydrogen) atoms. The van der Waals surface area contributed by atoms with E-state index in [1.54, 1.807) is 12.1 Å². The lowest BCUT2D eigenvalue weighted by Gasteiger charge is -2.32. The van der Waals surface area contributed by atoms with Crippen LogP contribution in [0.2, 0.25) is 0 Å². The van der Waals surface area contributed by atoms with E-state index in [2.05, 4.69) is 52.8 Å². The normalized spacial score (nSPS) is 22.6. The van der Waals surface area contributed by atoms with E-state index in [0.29, 0.717) is 35.0 Å². The third-order valence-corrected chi connectivity index (χ3v) is 9.75. The molecule has 2 fully saturated rings. The van der Waals surface area contributed by atoms with Gasteiger partial charge in [-0.2, -0.15) is 0 Å². The van der Waals surface area contributed by atoms with Crippen LogP contribution in [0, 0.1) is 41.3 Å². The molecule has 0 aromatic heterocycles. The van der Waals surface area contributed by atoms with Gasteiger partial charge >= 0.3 is 5.97 Å². The van der Waals surface area contributed by atoms with E-state index < -0.39 is 5.97 Å². The van der Waals surface area contributed by atoms with Crippen LogP contribution < -0.4 is 0 Å². The van der Waals surface area contributed by atoms with E-state index in [4.69, 9.17) is 4.74 Å². The number of rotatable bonds is 13. The Balaban J connectivity index is 1.21. The van der Waals surface area contributed by atoms with E-state index in [1.807, 2.05) is 37.3 Å². The van der Waals surface area contributed by atoms with Crippen molar-refractivity contribution in [2.24, 2.45) is 28.6 Å². The monoisotopic (exact) mass is 556 g/mol. The van der Waals surface area contributed by atoms with Crippen molar-refractivity contribution in [3.8, 4) is 11.1 Å². The highest BCUT2D eigenvalue weighted by Gasteiger charge is 2.80. The summed E-state index contributed by atoms with van der Waals surface area (Å²) in [6, 6.07) is 19.7. The molecular weight excluding hydrogens is 511 g/mol. The number of ether oxygens (including phenoxy) is 1. The summed E-state index contributed by atoms with van der Waals surface area (Å²) >= 11 is 0. The molecule has 3 nitrogen and oxygen atoms in total. The maximum absolute atomic E-state index is 14.2. The average molecular weight is 557 g/mol. The fraction of sp³-hybridized carbons (Fsp3) is 0.486. The minimum absolute atomic E-state index is 0.0715. The summed E-state index contributed by atoms with van der Waals surface area (Å²) in [5.74, 6) is 0.986. The molecule has 1 N–H and O–H groups in total. The fourth-order valence-electron chi connectivity index (χ4n) is 7.75. The number of carbonyl (C=O) groups is 1. The summed E-state index contributed by atoms with van der Waals surface area (Å²) in [6.45, 7) is 13.7. The van der Waals surface area contributed by atoms with Crippen molar-refractivity contribution in [2.75, 3.05) is 6.61 Å². The predicted octanol–water partition coefficient (Wildman–Crippen LogP) is 9.46. The average Bonchev–Trinajstić information content (AvgIpc) is 3.79. The lowest BCUT2D eigenvalue weighted by molar-refractivity contribution is 0.0364. The molecular formula is C37H45FO3. The fourth-order valence-corrected chi connectivity index (χ4v) is 7.75. The second-order valence-corrected chi connectivity index (χ2v) is 13.6. The number of benzene rings is 3. The van der Waals surface area contributed by atoms with Gasteiger partial charge in [-0.1, -0.05) is 82.6 Å². The van der Waals surface area contributed by atoms with Crippen molar-refractivity contribution in [1.82, 2.24) is 0 Å². The maximum Gasteiger partial charge on any atom is 0.335 e. The van der Waals surface area contributed by atoms with Gasteiger partial charge in [-0.3, -0.25) is 0 Å². The molecule has 2 aliphatic rings. The number of hydrogen-bond donors (Lipinski definition) is 1. The Morgan fingerprint density at radius 1 is 1.12 bits per heavy atom. The number of aryl methyl sites for hydroxylation is 2. The Hall–Kier alpha value is -2.98. The minimum atomic E-state index is -0.873.